The Kier molecular flexibility index (Phi) is 6.63. The van der Waals surface area contributed by atoms with E-state index in [1.165, 1.54) is 40.9 Å². The largest absolute Gasteiger partial charge is 0.464 e. The highest BCUT2D eigenvalue weighted by Crippen LogP contribution is 2.36. The molecule has 142 valence electrons. The summed E-state index contributed by atoms with van der Waals surface area (Å²) < 4.78 is 5.34. The van der Waals surface area contributed by atoms with Gasteiger partial charge in [0.25, 0.3) is 11.6 Å². The zero-order valence-corrected chi connectivity index (χ0v) is 16.2. The molecule has 0 radical (unpaired) electrons. The van der Waals surface area contributed by atoms with Crippen molar-refractivity contribution < 1.29 is 19.2 Å². The normalized spacial score (nSPS) is 19.8. The number of hydrogen-bond donors (Lipinski definition) is 0. The molecule has 0 N–H and O–H groups in total. The monoisotopic (exact) mass is 380 g/mol. The molecule has 1 aromatic carbocycles. The number of nitro benzene ring substituents is 1. The first kappa shape index (κ1) is 20.2. The van der Waals surface area contributed by atoms with Gasteiger partial charge in [-0.2, -0.15) is 0 Å². The van der Waals surface area contributed by atoms with Crippen LogP contribution < -0.4 is 0 Å². The molecule has 7 nitrogen and oxygen atoms in total. The van der Waals surface area contributed by atoms with Gasteiger partial charge in [-0.25, -0.2) is 4.79 Å². The number of nitro groups is 1. The second kappa shape index (κ2) is 8.53. The van der Waals surface area contributed by atoms with E-state index in [0.717, 1.165) is 0 Å². The predicted octanol–water partition coefficient (Wildman–Crippen LogP) is 3.33. The number of rotatable bonds is 6. The third-order valence-corrected chi connectivity index (χ3v) is 5.60. The lowest BCUT2D eigenvalue weighted by Gasteiger charge is -2.30. The van der Waals surface area contributed by atoms with Gasteiger partial charge in [0.15, 0.2) is 0 Å². The van der Waals surface area contributed by atoms with Gasteiger partial charge in [0.2, 0.25) is 0 Å². The molecule has 1 aliphatic heterocycles. The molecule has 2 rings (SSSR count). The van der Waals surface area contributed by atoms with Crippen molar-refractivity contribution in [1.29, 1.82) is 0 Å². The van der Waals surface area contributed by atoms with Gasteiger partial charge in [0.1, 0.15) is 6.04 Å². The number of thioether (sulfide) groups is 1. The first-order valence-corrected chi connectivity index (χ1v) is 9.62. The van der Waals surface area contributed by atoms with Crippen molar-refractivity contribution in [2.45, 2.75) is 39.1 Å². The van der Waals surface area contributed by atoms with Crippen LogP contribution in [0.2, 0.25) is 0 Å². The first-order valence-electron chi connectivity index (χ1n) is 8.57. The topological polar surface area (TPSA) is 89.8 Å². The van der Waals surface area contributed by atoms with Crippen molar-refractivity contribution in [1.82, 2.24) is 4.90 Å². The molecule has 0 aliphatic carbocycles. The van der Waals surface area contributed by atoms with Crippen LogP contribution >= 0.6 is 11.8 Å². The van der Waals surface area contributed by atoms with Crippen LogP contribution in [0.3, 0.4) is 0 Å². The van der Waals surface area contributed by atoms with Crippen molar-refractivity contribution >= 4 is 29.3 Å². The number of carbonyl (C=O) groups is 2. The second-order valence-corrected chi connectivity index (χ2v) is 8.18. The Morgan fingerprint density at radius 1 is 1.35 bits per heavy atom. The number of ether oxygens (including phenoxy) is 1. The lowest BCUT2D eigenvalue weighted by molar-refractivity contribution is -0.384. The van der Waals surface area contributed by atoms with Crippen molar-refractivity contribution in [3.8, 4) is 0 Å². The van der Waals surface area contributed by atoms with E-state index in [0.29, 0.717) is 12.4 Å². The van der Waals surface area contributed by atoms with Crippen LogP contribution in [-0.2, 0) is 9.53 Å². The molecule has 2 atom stereocenters. The van der Waals surface area contributed by atoms with Crippen LogP contribution in [0.1, 0.15) is 38.1 Å². The number of carbonyl (C=O) groups excluding carboxylic acids is 2. The minimum absolute atomic E-state index is 0.130. The van der Waals surface area contributed by atoms with Gasteiger partial charge in [-0.1, -0.05) is 33.8 Å². The average Bonchev–Trinajstić information content (AvgIpc) is 3.04. The Hall–Kier alpha value is -2.09. The molecular formula is C18H24N2O5S. The standard InChI is InChI=1S/C18H24N2O5S/c1-11(2)9-25-18(22)15-10-26-17(12(3)4)19(15)16(21)13-6-5-7-14(8-13)20(23)24/h5-8,11-12,15,17H,9-10H2,1-4H3/t15-,17-/m1/s1. The molecule has 26 heavy (non-hydrogen) atoms. The van der Waals surface area contributed by atoms with Gasteiger partial charge in [-0.15, -0.1) is 11.8 Å². The summed E-state index contributed by atoms with van der Waals surface area (Å²) in [4.78, 5) is 37.6. The zero-order chi connectivity index (χ0) is 19.4. The fourth-order valence-electron chi connectivity index (χ4n) is 2.73. The summed E-state index contributed by atoms with van der Waals surface area (Å²) in [6, 6.07) is 4.92. The maximum atomic E-state index is 13.1. The van der Waals surface area contributed by atoms with Gasteiger partial charge in [-0.05, 0) is 17.9 Å². The van der Waals surface area contributed by atoms with Crippen LogP contribution in [0, 0.1) is 22.0 Å². The average molecular weight is 380 g/mol. The van der Waals surface area contributed by atoms with E-state index < -0.39 is 16.9 Å². The summed E-state index contributed by atoms with van der Waals surface area (Å²) in [5.41, 5.74) is 0.0525. The summed E-state index contributed by atoms with van der Waals surface area (Å²) in [5, 5.41) is 10.8. The lowest BCUT2D eigenvalue weighted by Crippen LogP contribution is -2.48. The molecule has 1 amide bonds. The molecule has 0 saturated carbocycles. The summed E-state index contributed by atoms with van der Waals surface area (Å²) >= 11 is 1.53. The molecule has 8 heteroatoms. The van der Waals surface area contributed by atoms with E-state index in [-0.39, 0.29) is 34.4 Å². The predicted molar refractivity (Wildman–Crippen MR) is 99.9 cm³/mol. The number of nitrogens with zero attached hydrogens (tertiary/aromatic N) is 2. The van der Waals surface area contributed by atoms with Crippen molar-refractivity contribution in [2.75, 3.05) is 12.4 Å². The fourth-order valence-corrected chi connectivity index (χ4v) is 4.19. The van der Waals surface area contributed by atoms with Crippen LogP contribution in [0.5, 0.6) is 0 Å². The highest BCUT2D eigenvalue weighted by Gasteiger charge is 2.44. The lowest BCUT2D eigenvalue weighted by atomic mass is 10.1. The zero-order valence-electron chi connectivity index (χ0n) is 15.4. The summed E-state index contributed by atoms with van der Waals surface area (Å²) in [6.45, 7) is 8.14. The molecule has 0 unspecified atom stereocenters. The number of non-ortho nitro benzene ring substituents is 1. The highest BCUT2D eigenvalue weighted by molar-refractivity contribution is 8.00. The van der Waals surface area contributed by atoms with E-state index >= 15 is 0 Å². The SMILES string of the molecule is CC(C)COC(=O)[C@H]1CS[C@H](C(C)C)N1C(=O)c1cccc([N+](=O)[O-])c1. The van der Waals surface area contributed by atoms with Crippen molar-refractivity contribution in [3.05, 3.63) is 39.9 Å². The first-order chi connectivity index (χ1) is 12.2. The minimum atomic E-state index is -0.682. The van der Waals surface area contributed by atoms with Crippen LogP contribution in [0.25, 0.3) is 0 Å². The molecule has 1 heterocycles. The van der Waals surface area contributed by atoms with Crippen LogP contribution in [-0.4, -0.2) is 45.5 Å². The summed E-state index contributed by atoms with van der Waals surface area (Å²) in [5.74, 6) is -0.0159. The summed E-state index contributed by atoms with van der Waals surface area (Å²) in [6.07, 6.45) is 0. The van der Waals surface area contributed by atoms with Gasteiger partial charge in [-0.3, -0.25) is 14.9 Å². The summed E-state index contributed by atoms with van der Waals surface area (Å²) in [7, 11) is 0. The van der Waals surface area contributed by atoms with E-state index in [9.17, 15) is 19.7 Å². The third-order valence-electron chi connectivity index (χ3n) is 3.97. The molecule has 1 aliphatic rings. The molecule has 0 bridgehead atoms. The van der Waals surface area contributed by atoms with Crippen molar-refractivity contribution in [2.24, 2.45) is 11.8 Å². The Bertz CT molecular complexity index is 692. The van der Waals surface area contributed by atoms with E-state index in [1.807, 2.05) is 27.7 Å². The van der Waals surface area contributed by atoms with Crippen LogP contribution in [0.15, 0.2) is 24.3 Å². The van der Waals surface area contributed by atoms with E-state index in [1.54, 1.807) is 0 Å². The van der Waals surface area contributed by atoms with Crippen molar-refractivity contribution in [3.63, 3.8) is 0 Å². The number of hydrogen-bond acceptors (Lipinski definition) is 6. The Labute approximate surface area is 157 Å². The maximum Gasteiger partial charge on any atom is 0.329 e. The molecule has 0 spiro atoms. The van der Waals surface area contributed by atoms with E-state index in [2.05, 4.69) is 0 Å². The molecule has 0 aromatic heterocycles. The quantitative estimate of drug-likeness (QED) is 0.427. The Morgan fingerprint density at radius 2 is 2.04 bits per heavy atom. The van der Waals surface area contributed by atoms with E-state index in [4.69, 9.17) is 4.74 Å². The number of amides is 1. The van der Waals surface area contributed by atoms with Gasteiger partial charge in [0.05, 0.1) is 16.9 Å². The number of esters is 1. The molecule has 1 aromatic rings. The fraction of sp³-hybridized carbons (Fsp3) is 0.556. The smallest absolute Gasteiger partial charge is 0.329 e. The third kappa shape index (κ3) is 4.55. The Morgan fingerprint density at radius 3 is 2.62 bits per heavy atom. The Balaban J connectivity index is 2.29. The molecule has 1 saturated heterocycles. The highest BCUT2D eigenvalue weighted by atomic mass is 32.2. The number of benzene rings is 1. The van der Waals surface area contributed by atoms with Gasteiger partial charge in [0, 0.05) is 23.4 Å². The molecule has 1 fully saturated rings. The maximum absolute atomic E-state index is 13.1. The van der Waals surface area contributed by atoms with Gasteiger partial charge < -0.3 is 9.64 Å². The second-order valence-electron chi connectivity index (χ2n) is 7.03. The van der Waals surface area contributed by atoms with Gasteiger partial charge >= 0.3 is 5.97 Å². The molecular weight excluding hydrogens is 356 g/mol. The minimum Gasteiger partial charge on any atom is -0.464 e. The van der Waals surface area contributed by atoms with Crippen LogP contribution in [0.4, 0.5) is 5.69 Å².